The first-order chi connectivity index (χ1) is 22.6. The molecule has 0 bridgehead atoms. The Morgan fingerprint density at radius 2 is 1.72 bits per heavy atom. The molecule has 3 N–H and O–H groups in total. The van der Waals surface area contributed by atoms with Crippen molar-refractivity contribution in [2.75, 3.05) is 55.1 Å². The van der Waals surface area contributed by atoms with Gasteiger partial charge >= 0.3 is 0 Å². The van der Waals surface area contributed by atoms with Crippen LogP contribution in [-0.4, -0.2) is 60.4 Å². The molecule has 13 heteroatoms. The van der Waals surface area contributed by atoms with Crippen LogP contribution < -0.4 is 39.9 Å². The number of carbonyl (C=O) groups is 2. The van der Waals surface area contributed by atoms with Crippen LogP contribution in [0.15, 0.2) is 53.3 Å². The lowest BCUT2D eigenvalue weighted by atomic mass is 9.95. The molecule has 2 amide bonds. The minimum atomic E-state index is -3.27. The molecule has 1 fully saturated rings. The molecule has 1 atom stereocenters. The zero-order valence-electron chi connectivity index (χ0n) is 27.0. The van der Waals surface area contributed by atoms with Crippen LogP contribution in [0.4, 0.5) is 17.1 Å². The van der Waals surface area contributed by atoms with E-state index in [-0.39, 0.29) is 29.4 Å². The number of ether oxygens (including phenoxy) is 3. The van der Waals surface area contributed by atoms with Gasteiger partial charge in [-0.25, -0.2) is 8.42 Å². The fourth-order valence-corrected chi connectivity index (χ4v) is 7.75. The maximum absolute atomic E-state index is 13.5. The molecule has 1 saturated heterocycles. The van der Waals surface area contributed by atoms with Crippen LogP contribution in [0.2, 0.25) is 0 Å². The van der Waals surface area contributed by atoms with E-state index in [9.17, 15) is 22.8 Å². The third kappa shape index (κ3) is 7.30. The lowest BCUT2D eigenvalue weighted by molar-refractivity contribution is -0.119. The fourth-order valence-electron chi connectivity index (χ4n) is 6.19. The number of nitrogens with zero attached hydrogens (tertiary/aromatic N) is 1. The molecule has 250 valence electrons. The fraction of sp³-hybridized carbons (Fsp3) is 0.382. The number of aryl methyl sites for hydroxylation is 1. The van der Waals surface area contributed by atoms with E-state index in [0.29, 0.717) is 78.6 Å². The van der Waals surface area contributed by atoms with Crippen molar-refractivity contribution >= 4 is 38.9 Å². The van der Waals surface area contributed by atoms with Gasteiger partial charge in [0.15, 0.2) is 11.5 Å². The number of carbonyl (C=O) groups excluding carboxylic acids is 2. The number of amides is 2. The zero-order valence-corrected chi connectivity index (χ0v) is 27.8. The summed E-state index contributed by atoms with van der Waals surface area (Å²) in [5.41, 5.74) is 4.34. The second kappa shape index (κ2) is 14.3. The molecular weight excluding hydrogens is 624 g/mol. The van der Waals surface area contributed by atoms with Crippen LogP contribution in [-0.2, 0) is 26.0 Å². The molecule has 0 spiro atoms. The summed E-state index contributed by atoms with van der Waals surface area (Å²) in [5, 5.41) is 9.00. The molecule has 12 nitrogen and oxygen atoms in total. The number of hydrogen-bond acceptors (Lipinski definition) is 9. The van der Waals surface area contributed by atoms with Gasteiger partial charge in [-0.1, -0.05) is 6.07 Å². The van der Waals surface area contributed by atoms with Gasteiger partial charge in [-0.2, -0.15) is 0 Å². The third-order valence-corrected chi connectivity index (χ3v) is 10.2. The van der Waals surface area contributed by atoms with Crippen molar-refractivity contribution in [2.24, 2.45) is 0 Å². The predicted molar refractivity (Wildman–Crippen MR) is 181 cm³/mol. The van der Waals surface area contributed by atoms with Crippen LogP contribution in [0.1, 0.15) is 49.8 Å². The normalized spacial score (nSPS) is 16.3. The van der Waals surface area contributed by atoms with Crippen molar-refractivity contribution in [2.45, 2.75) is 45.1 Å². The zero-order chi connectivity index (χ0) is 33.7. The topological polar surface area (TPSA) is 152 Å². The molecular formula is C34H40N4O8S. The molecule has 1 aliphatic heterocycles. The molecule has 0 radical (unpaired) electrons. The summed E-state index contributed by atoms with van der Waals surface area (Å²) in [6, 6.07) is 13.3. The number of rotatable bonds is 11. The largest absolute Gasteiger partial charge is 0.493 e. The van der Waals surface area contributed by atoms with Crippen LogP contribution in [0.25, 0.3) is 11.1 Å². The van der Waals surface area contributed by atoms with E-state index in [1.54, 1.807) is 50.6 Å². The Morgan fingerprint density at radius 3 is 2.36 bits per heavy atom. The van der Waals surface area contributed by atoms with E-state index in [4.69, 9.17) is 14.2 Å². The second-order valence-corrected chi connectivity index (χ2v) is 13.5. The van der Waals surface area contributed by atoms with Crippen LogP contribution in [0, 0.1) is 0 Å². The standard InChI is InChI=1S/C34H40N4O8S/c1-21(39)36-27-14-8-22-19-30(44-2)33(45-3)34(46-4)32(22)25-13-15-28(29(40)20-26(25)27)35-16-5-7-31(41)37-23-9-11-24(12-10-23)38-17-6-18-47(38,42)43/h9-13,15,19-20,27H,5-8,14,16-18H2,1-4H3,(H,35,40)(H,36,39)(H,37,41)/t27-/m1/s1. The number of sulfonamides is 1. The lowest BCUT2D eigenvalue weighted by Gasteiger charge is -2.19. The van der Waals surface area contributed by atoms with Gasteiger partial charge in [-0.05, 0) is 84.8 Å². The Bertz CT molecular complexity index is 1830. The molecule has 1 heterocycles. The Labute approximate surface area is 274 Å². The van der Waals surface area contributed by atoms with Crippen molar-refractivity contribution in [3.63, 3.8) is 0 Å². The average Bonchev–Trinajstić information content (AvgIpc) is 3.24. The van der Waals surface area contributed by atoms with Crippen molar-refractivity contribution in [3.05, 3.63) is 69.9 Å². The predicted octanol–water partition coefficient (Wildman–Crippen LogP) is 4.23. The highest BCUT2D eigenvalue weighted by Crippen LogP contribution is 2.50. The van der Waals surface area contributed by atoms with Gasteiger partial charge in [0.1, 0.15) is 0 Å². The van der Waals surface area contributed by atoms with Gasteiger partial charge in [-0.3, -0.25) is 18.7 Å². The molecule has 0 aromatic heterocycles. The summed E-state index contributed by atoms with van der Waals surface area (Å²) >= 11 is 0. The maximum atomic E-state index is 13.5. The number of fused-ring (bicyclic) bond motifs is 3. The first-order valence-electron chi connectivity index (χ1n) is 15.5. The SMILES string of the molecule is COc1cc2c(c(OC)c1OC)-c1ccc(NCCCC(=O)Nc3ccc(N4CCCS4(=O)=O)cc3)c(=O)cc1[C@H](NC(C)=O)CC2. The van der Waals surface area contributed by atoms with Gasteiger partial charge < -0.3 is 30.2 Å². The van der Waals surface area contributed by atoms with E-state index in [1.165, 1.54) is 18.3 Å². The lowest BCUT2D eigenvalue weighted by Crippen LogP contribution is -2.26. The Balaban J connectivity index is 1.31. The summed E-state index contributed by atoms with van der Waals surface area (Å²) in [4.78, 5) is 38.3. The highest BCUT2D eigenvalue weighted by atomic mass is 32.2. The first kappa shape index (κ1) is 33.6. The molecule has 0 saturated carbocycles. The van der Waals surface area contributed by atoms with Gasteiger partial charge in [0.25, 0.3) is 0 Å². The second-order valence-electron chi connectivity index (χ2n) is 11.5. The van der Waals surface area contributed by atoms with Crippen molar-refractivity contribution in [1.82, 2.24) is 5.32 Å². The maximum Gasteiger partial charge on any atom is 0.235 e. The highest BCUT2D eigenvalue weighted by Gasteiger charge is 2.30. The summed E-state index contributed by atoms with van der Waals surface area (Å²) in [6.45, 7) is 2.27. The molecule has 3 aromatic rings. The average molecular weight is 665 g/mol. The Hall–Kier alpha value is -4.78. The molecule has 47 heavy (non-hydrogen) atoms. The van der Waals surface area contributed by atoms with Gasteiger partial charge in [0.05, 0.1) is 44.5 Å². The van der Waals surface area contributed by atoms with Crippen LogP contribution in [0.5, 0.6) is 17.2 Å². The van der Waals surface area contributed by atoms with E-state index in [1.807, 2.05) is 12.1 Å². The minimum Gasteiger partial charge on any atom is -0.493 e. The van der Waals surface area contributed by atoms with Crippen molar-refractivity contribution in [1.29, 1.82) is 0 Å². The van der Waals surface area contributed by atoms with Gasteiger partial charge in [0.2, 0.25) is 33.0 Å². The Morgan fingerprint density at radius 1 is 0.979 bits per heavy atom. The van der Waals surface area contributed by atoms with E-state index in [2.05, 4.69) is 16.0 Å². The van der Waals surface area contributed by atoms with Crippen LogP contribution >= 0.6 is 0 Å². The molecule has 0 unspecified atom stereocenters. The number of nitrogens with one attached hydrogen (secondary N) is 3. The number of anilines is 3. The molecule has 5 rings (SSSR count). The number of benzene rings is 2. The smallest absolute Gasteiger partial charge is 0.235 e. The quantitative estimate of drug-likeness (QED) is 0.256. The van der Waals surface area contributed by atoms with E-state index < -0.39 is 16.1 Å². The monoisotopic (exact) mass is 664 g/mol. The van der Waals surface area contributed by atoms with Crippen molar-refractivity contribution < 1.29 is 32.2 Å². The first-order valence-corrected chi connectivity index (χ1v) is 17.1. The number of hydrogen-bond donors (Lipinski definition) is 3. The summed E-state index contributed by atoms with van der Waals surface area (Å²) < 4.78 is 42.8. The third-order valence-electron chi connectivity index (χ3n) is 8.35. The minimum absolute atomic E-state index is 0.141. The van der Waals surface area contributed by atoms with E-state index in [0.717, 1.165) is 16.7 Å². The number of methoxy groups -OCH3 is 3. The molecule has 1 aliphatic carbocycles. The summed E-state index contributed by atoms with van der Waals surface area (Å²) in [7, 11) is 1.37. The van der Waals surface area contributed by atoms with E-state index >= 15 is 0 Å². The van der Waals surface area contributed by atoms with Gasteiger partial charge in [-0.15, -0.1) is 0 Å². The summed E-state index contributed by atoms with van der Waals surface area (Å²) in [6.07, 6.45) is 2.41. The molecule has 3 aromatic carbocycles. The van der Waals surface area contributed by atoms with Crippen molar-refractivity contribution in [3.8, 4) is 28.4 Å². The van der Waals surface area contributed by atoms with Gasteiger partial charge in [0, 0.05) is 37.7 Å². The Kier molecular flexibility index (Phi) is 10.2. The summed E-state index contributed by atoms with van der Waals surface area (Å²) in [5.74, 6) is 1.16. The molecule has 2 aliphatic rings. The van der Waals surface area contributed by atoms with Crippen LogP contribution in [0.3, 0.4) is 0 Å². The highest BCUT2D eigenvalue weighted by molar-refractivity contribution is 7.93.